The monoisotopic (exact) mass is 277 g/mol. The summed E-state index contributed by atoms with van der Waals surface area (Å²) in [7, 11) is 0. The maximum atomic E-state index is 11.5. The van der Waals surface area contributed by atoms with Crippen molar-refractivity contribution < 1.29 is 15.3 Å². The number of aliphatic hydroxyl groups excluding tert-OH is 1. The van der Waals surface area contributed by atoms with E-state index in [4.69, 9.17) is 9.84 Å². The van der Waals surface area contributed by atoms with Crippen LogP contribution in [0, 0.1) is 0 Å². The van der Waals surface area contributed by atoms with Crippen LogP contribution in [0.2, 0.25) is 0 Å². The smallest absolute Gasteiger partial charge is 0.278 e. The van der Waals surface area contributed by atoms with E-state index in [1.807, 2.05) is 0 Å². The van der Waals surface area contributed by atoms with Gasteiger partial charge in [-0.3, -0.25) is 9.36 Å². The number of rotatable bonds is 2. The quantitative estimate of drug-likeness (QED) is 0.652. The van der Waals surface area contributed by atoms with Gasteiger partial charge in [0.25, 0.3) is 5.56 Å². The normalized spacial score (nSPS) is 21.9. The van der Waals surface area contributed by atoms with E-state index in [9.17, 15) is 4.79 Å². The van der Waals surface area contributed by atoms with Crippen LogP contribution in [0.25, 0.3) is 11.2 Å². The first-order chi connectivity index (χ1) is 8.29. The van der Waals surface area contributed by atoms with Crippen molar-refractivity contribution in [3.05, 3.63) is 23.0 Å². The van der Waals surface area contributed by atoms with Crippen LogP contribution in [-0.2, 0) is 4.74 Å². The molecule has 3 heterocycles. The number of aliphatic hydroxyl groups is 1. The van der Waals surface area contributed by atoms with Crippen molar-refractivity contribution in [2.24, 2.45) is 0 Å². The third kappa shape index (κ3) is 2.88. The summed E-state index contributed by atoms with van der Waals surface area (Å²) in [6, 6.07) is 0. The standard InChI is InChI=1S/C10H12N4O3.Na.H2O/c15-3-6-1-2-7(17-6)14-5-13-8-9(14)11-4-12-10(8)16;;/h4-7,15H,1-3H2,(H,11,12,16);;1H2/t6-,7+;;/m0../s1. The van der Waals surface area contributed by atoms with Gasteiger partial charge in [-0.05, 0) is 12.8 Å². The van der Waals surface area contributed by atoms with Crippen molar-refractivity contribution >= 4 is 40.7 Å². The molecule has 19 heavy (non-hydrogen) atoms. The zero-order chi connectivity index (χ0) is 11.8. The Kier molecular flexibility index (Phi) is 5.65. The van der Waals surface area contributed by atoms with Crippen LogP contribution in [0.3, 0.4) is 0 Å². The number of hydrogen-bond donors (Lipinski definition) is 2. The summed E-state index contributed by atoms with van der Waals surface area (Å²) in [4.78, 5) is 22.1. The van der Waals surface area contributed by atoms with Crippen LogP contribution in [0.15, 0.2) is 17.4 Å². The molecule has 1 radical (unpaired) electrons. The van der Waals surface area contributed by atoms with Gasteiger partial charge in [0.05, 0.1) is 25.4 Å². The van der Waals surface area contributed by atoms with E-state index in [1.165, 1.54) is 6.33 Å². The summed E-state index contributed by atoms with van der Waals surface area (Å²) >= 11 is 0. The van der Waals surface area contributed by atoms with Crippen molar-refractivity contribution in [1.29, 1.82) is 0 Å². The third-order valence-electron chi connectivity index (χ3n) is 2.96. The van der Waals surface area contributed by atoms with Crippen molar-refractivity contribution in [3.63, 3.8) is 0 Å². The van der Waals surface area contributed by atoms with E-state index in [0.717, 1.165) is 12.8 Å². The zero-order valence-corrected chi connectivity index (χ0v) is 12.5. The molecular weight excluding hydrogens is 263 g/mol. The maximum absolute atomic E-state index is 11.5. The first kappa shape index (κ1) is 16.3. The Morgan fingerprint density at radius 3 is 2.95 bits per heavy atom. The van der Waals surface area contributed by atoms with Crippen molar-refractivity contribution in [2.75, 3.05) is 6.61 Å². The summed E-state index contributed by atoms with van der Waals surface area (Å²) in [5.41, 5.74) is 0.561. The second-order valence-electron chi connectivity index (χ2n) is 4.03. The van der Waals surface area contributed by atoms with Gasteiger partial charge in [-0.15, -0.1) is 0 Å². The van der Waals surface area contributed by atoms with Crippen molar-refractivity contribution in [3.8, 4) is 0 Å². The second kappa shape index (κ2) is 6.60. The van der Waals surface area contributed by atoms with Crippen LogP contribution in [-0.4, -0.2) is 72.4 Å². The fraction of sp³-hybridized carbons (Fsp3) is 0.500. The largest absolute Gasteiger partial charge is 0.412 e. The molecule has 0 amide bonds. The number of nitrogens with one attached hydrogen (secondary N) is 1. The first-order valence-electron chi connectivity index (χ1n) is 5.46. The van der Waals surface area contributed by atoms with Crippen molar-refractivity contribution in [1.82, 2.24) is 19.5 Å². The number of aromatic amines is 1. The van der Waals surface area contributed by atoms with Crippen LogP contribution in [0.1, 0.15) is 19.1 Å². The van der Waals surface area contributed by atoms with E-state index in [2.05, 4.69) is 15.0 Å². The molecular formula is C10H14N4NaO4. The Morgan fingerprint density at radius 1 is 1.47 bits per heavy atom. The van der Waals surface area contributed by atoms with Gasteiger partial charge in [-0.25, -0.2) is 9.97 Å². The molecule has 0 aliphatic carbocycles. The van der Waals surface area contributed by atoms with Gasteiger partial charge in [0.15, 0.2) is 11.2 Å². The molecule has 1 aliphatic heterocycles. The molecule has 0 bridgehead atoms. The number of imidazole rings is 1. The van der Waals surface area contributed by atoms with Gasteiger partial charge in [-0.1, -0.05) is 0 Å². The minimum Gasteiger partial charge on any atom is -0.412 e. The Labute approximate surface area is 130 Å². The zero-order valence-electron chi connectivity index (χ0n) is 10.5. The summed E-state index contributed by atoms with van der Waals surface area (Å²) < 4.78 is 7.36. The fourth-order valence-corrected chi connectivity index (χ4v) is 2.10. The molecule has 2 aromatic rings. The number of ether oxygens (including phenoxy) is 1. The molecule has 1 saturated heterocycles. The van der Waals surface area contributed by atoms with Crippen LogP contribution in [0.5, 0.6) is 0 Å². The molecule has 0 saturated carbocycles. The summed E-state index contributed by atoms with van der Waals surface area (Å²) in [6.45, 7) is 0.0111. The number of fused-ring (bicyclic) bond motifs is 1. The van der Waals surface area contributed by atoms with E-state index in [0.29, 0.717) is 11.2 Å². The van der Waals surface area contributed by atoms with Crippen molar-refractivity contribution in [2.45, 2.75) is 25.2 Å². The number of H-pyrrole nitrogens is 1. The Bertz CT molecular complexity index is 598. The summed E-state index contributed by atoms with van der Waals surface area (Å²) in [6.07, 6.45) is 4.14. The average Bonchev–Trinajstić information content (AvgIpc) is 2.94. The van der Waals surface area contributed by atoms with Gasteiger partial charge < -0.3 is 20.3 Å². The maximum Gasteiger partial charge on any atom is 0.278 e. The molecule has 4 N–H and O–H groups in total. The molecule has 0 spiro atoms. The molecule has 1 fully saturated rings. The molecule has 2 aromatic heterocycles. The average molecular weight is 277 g/mol. The Morgan fingerprint density at radius 2 is 2.26 bits per heavy atom. The molecule has 0 unspecified atom stereocenters. The molecule has 3 rings (SSSR count). The van der Waals surface area contributed by atoms with Gasteiger partial charge in [0, 0.05) is 29.6 Å². The van der Waals surface area contributed by atoms with Gasteiger partial charge in [0.1, 0.15) is 6.23 Å². The molecule has 0 aromatic carbocycles. The number of aromatic nitrogens is 4. The van der Waals surface area contributed by atoms with Gasteiger partial charge in [0.2, 0.25) is 0 Å². The predicted octanol–water partition coefficient (Wildman–Crippen LogP) is -1.42. The minimum atomic E-state index is -0.259. The molecule has 99 valence electrons. The molecule has 2 atom stereocenters. The Hall–Kier alpha value is -0.770. The summed E-state index contributed by atoms with van der Waals surface area (Å²) in [5.74, 6) is 0. The number of nitrogens with zero attached hydrogens (tertiary/aromatic N) is 3. The fourth-order valence-electron chi connectivity index (χ4n) is 2.10. The van der Waals surface area contributed by atoms with Crippen LogP contribution >= 0.6 is 0 Å². The minimum absolute atomic E-state index is 0. The third-order valence-corrected chi connectivity index (χ3v) is 2.96. The topological polar surface area (TPSA) is 125 Å². The molecule has 1 aliphatic rings. The molecule has 9 heteroatoms. The second-order valence-corrected chi connectivity index (χ2v) is 4.03. The molecule has 8 nitrogen and oxygen atoms in total. The van der Waals surface area contributed by atoms with Crippen LogP contribution in [0.4, 0.5) is 0 Å². The SMILES string of the molecule is O.O=c1[nH]cnc2c1ncn2[C@H]1CC[C@@H](CO)O1.[Na]. The van der Waals surface area contributed by atoms with E-state index in [1.54, 1.807) is 10.9 Å². The Balaban J connectivity index is 0.000000902. The predicted molar refractivity (Wildman–Crippen MR) is 67.7 cm³/mol. The number of hydrogen-bond acceptors (Lipinski definition) is 5. The van der Waals surface area contributed by atoms with E-state index < -0.39 is 0 Å². The van der Waals surface area contributed by atoms with Gasteiger partial charge in [-0.2, -0.15) is 0 Å². The van der Waals surface area contributed by atoms with E-state index >= 15 is 0 Å². The first-order valence-corrected chi connectivity index (χ1v) is 5.46. The van der Waals surface area contributed by atoms with Gasteiger partial charge >= 0.3 is 0 Å². The summed E-state index contributed by atoms with van der Waals surface area (Å²) in [5, 5.41) is 9.02. The van der Waals surface area contributed by atoms with Crippen LogP contribution < -0.4 is 5.56 Å². The van der Waals surface area contributed by atoms with E-state index in [-0.39, 0.29) is 59.5 Å².